The van der Waals surface area contributed by atoms with Gasteiger partial charge in [0, 0.05) is 33.1 Å². The SMILES string of the molecule is CN1CCC(CN(C)C(=O)C2CCC(=O)NC2)C1. The van der Waals surface area contributed by atoms with Gasteiger partial charge < -0.3 is 15.1 Å². The fourth-order valence-corrected chi connectivity index (χ4v) is 2.91. The predicted octanol–water partition coefficient (Wildman–Crippen LogP) is -0.0773. The summed E-state index contributed by atoms with van der Waals surface area (Å²) < 4.78 is 0. The molecule has 0 spiro atoms. The van der Waals surface area contributed by atoms with Gasteiger partial charge in [-0.25, -0.2) is 0 Å². The number of piperidine rings is 1. The van der Waals surface area contributed by atoms with Crippen LogP contribution in [0.25, 0.3) is 0 Å². The van der Waals surface area contributed by atoms with Gasteiger partial charge in [0.1, 0.15) is 0 Å². The van der Waals surface area contributed by atoms with E-state index in [0.29, 0.717) is 25.3 Å². The van der Waals surface area contributed by atoms with E-state index in [1.807, 2.05) is 11.9 Å². The molecule has 102 valence electrons. The Labute approximate surface area is 108 Å². The number of hydrogen-bond donors (Lipinski definition) is 1. The molecule has 2 aliphatic rings. The Hall–Kier alpha value is -1.10. The zero-order valence-corrected chi connectivity index (χ0v) is 11.3. The lowest BCUT2D eigenvalue weighted by Gasteiger charge is -2.28. The van der Waals surface area contributed by atoms with Gasteiger partial charge in [0.25, 0.3) is 0 Å². The van der Waals surface area contributed by atoms with Gasteiger partial charge in [-0.1, -0.05) is 0 Å². The van der Waals surface area contributed by atoms with Crippen LogP contribution in [0.4, 0.5) is 0 Å². The Kier molecular flexibility index (Phi) is 4.22. The molecule has 0 aromatic carbocycles. The molecule has 2 rings (SSSR count). The molecule has 0 aromatic rings. The molecule has 5 heteroatoms. The molecule has 2 amide bonds. The highest BCUT2D eigenvalue weighted by atomic mass is 16.2. The highest BCUT2D eigenvalue weighted by Gasteiger charge is 2.29. The van der Waals surface area contributed by atoms with Crippen LogP contribution in [0.5, 0.6) is 0 Å². The number of likely N-dealkylation sites (tertiary alicyclic amines) is 1. The molecule has 0 aromatic heterocycles. The van der Waals surface area contributed by atoms with Crippen LogP contribution in [0, 0.1) is 11.8 Å². The summed E-state index contributed by atoms with van der Waals surface area (Å²) in [6.45, 7) is 3.56. The first-order chi connectivity index (χ1) is 8.56. The molecule has 1 N–H and O–H groups in total. The molecule has 0 aliphatic carbocycles. The summed E-state index contributed by atoms with van der Waals surface area (Å²) in [6.07, 6.45) is 2.35. The largest absolute Gasteiger partial charge is 0.355 e. The maximum Gasteiger partial charge on any atom is 0.227 e. The minimum absolute atomic E-state index is 0.0215. The van der Waals surface area contributed by atoms with E-state index in [9.17, 15) is 9.59 Å². The van der Waals surface area contributed by atoms with Crippen molar-refractivity contribution in [2.45, 2.75) is 19.3 Å². The van der Waals surface area contributed by atoms with E-state index in [1.165, 1.54) is 6.42 Å². The number of nitrogens with one attached hydrogen (secondary N) is 1. The zero-order chi connectivity index (χ0) is 13.1. The molecule has 0 saturated carbocycles. The summed E-state index contributed by atoms with van der Waals surface area (Å²) in [5.41, 5.74) is 0. The molecule has 18 heavy (non-hydrogen) atoms. The maximum atomic E-state index is 12.2. The minimum atomic E-state index is -0.0215. The van der Waals surface area contributed by atoms with Crippen molar-refractivity contribution in [3.05, 3.63) is 0 Å². The summed E-state index contributed by atoms with van der Waals surface area (Å²) in [5.74, 6) is 0.831. The third-order valence-electron chi connectivity index (χ3n) is 4.01. The predicted molar refractivity (Wildman–Crippen MR) is 69.0 cm³/mol. The Morgan fingerprint density at radius 3 is 2.83 bits per heavy atom. The third-order valence-corrected chi connectivity index (χ3v) is 4.01. The van der Waals surface area contributed by atoms with E-state index >= 15 is 0 Å². The lowest BCUT2D eigenvalue weighted by Crippen LogP contribution is -2.44. The van der Waals surface area contributed by atoms with E-state index < -0.39 is 0 Å². The van der Waals surface area contributed by atoms with Gasteiger partial charge in [0.15, 0.2) is 0 Å². The molecular weight excluding hydrogens is 230 g/mol. The first-order valence-corrected chi connectivity index (χ1v) is 6.76. The van der Waals surface area contributed by atoms with Crippen LogP contribution in [0.15, 0.2) is 0 Å². The highest BCUT2D eigenvalue weighted by molar-refractivity contribution is 5.83. The number of nitrogens with zero attached hydrogens (tertiary/aromatic N) is 2. The smallest absolute Gasteiger partial charge is 0.227 e. The van der Waals surface area contributed by atoms with Crippen LogP contribution in [-0.2, 0) is 9.59 Å². The second kappa shape index (κ2) is 5.69. The quantitative estimate of drug-likeness (QED) is 0.765. The van der Waals surface area contributed by atoms with Crippen LogP contribution in [-0.4, -0.2) is 61.9 Å². The lowest BCUT2D eigenvalue weighted by atomic mass is 9.97. The van der Waals surface area contributed by atoms with Gasteiger partial charge in [0.2, 0.25) is 11.8 Å². The van der Waals surface area contributed by atoms with E-state index in [2.05, 4.69) is 17.3 Å². The molecule has 0 radical (unpaired) electrons. The van der Waals surface area contributed by atoms with Gasteiger partial charge in [-0.15, -0.1) is 0 Å². The Morgan fingerprint density at radius 1 is 1.50 bits per heavy atom. The molecule has 2 aliphatic heterocycles. The second-order valence-corrected chi connectivity index (χ2v) is 5.68. The van der Waals surface area contributed by atoms with Crippen molar-refractivity contribution in [3.8, 4) is 0 Å². The molecule has 0 bridgehead atoms. The van der Waals surface area contributed by atoms with Crippen molar-refractivity contribution in [1.29, 1.82) is 0 Å². The highest BCUT2D eigenvalue weighted by Crippen LogP contribution is 2.18. The average Bonchev–Trinajstić information content (AvgIpc) is 2.75. The van der Waals surface area contributed by atoms with Crippen molar-refractivity contribution < 1.29 is 9.59 Å². The summed E-state index contributed by atoms with van der Waals surface area (Å²) in [4.78, 5) is 27.5. The topological polar surface area (TPSA) is 52.7 Å². The monoisotopic (exact) mass is 253 g/mol. The zero-order valence-electron chi connectivity index (χ0n) is 11.3. The number of hydrogen-bond acceptors (Lipinski definition) is 3. The Bertz CT molecular complexity index is 322. The fraction of sp³-hybridized carbons (Fsp3) is 0.846. The standard InChI is InChI=1S/C13H23N3O2/c1-15-6-5-10(8-15)9-16(2)13(18)11-3-4-12(17)14-7-11/h10-11H,3-9H2,1-2H3,(H,14,17). The molecule has 2 heterocycles. The normalized spacial score (nSPS) is 29.1. The Balaban J connectivity index is 1.79. The van der Waals surface area contributed by atoms with Crippen molar-refractivity contribution in [2.24, 2.45) is 11.8 Å². The maximum absolute atomic E-state index is 12.2. The van der Waals surface area contributed by atoms with Gasteiger partial charge in [-0.2, -0.15) is 0 Å². The van der Waals surface area contributed by atoms with E-state index in [0.717, 1.165) is 19.6 Å². The van der Waals surface area contributed by atoms with Crippen molar-refractivity contribution in [3.63, 3.8) is 0 Å². The minimum Gasteiger partial charge on any atom is -0.355 e. The molecule has 2 fully saturated rings. The number of rotatable bonds is 3. The van der Waals surface area contributed by atoms with Crippen LogP contribution in [0.1, 0.15) is 19.3 Å². The van der Waals surface area contributed by atoms with Crippen molar-refractivity contribution in [1.82, 2.24) is 15.1 Å². The Morgan fingerprint density at radius 2 is 2.28 bits per heavy atom. The van der Waals surface area contributed by atoms with Gasteiger partial charge in [-0.05, 0) is 32.4 Å². The average molecular weight is 253 g/mol. The fourth-order valence-electron chi connectivity index (χ4n) is 2.91. The first kappa shape index (κ1) is 13.3. The molecular formula is C13H23N3O2. The van der Waals surface area contributed by atoms with Crippen LogP contribution in [0.3, 0.4) is 0 Å². The van der Waals surface area contributed by atoms with Crippen molar-refractivity contribution >= 4 is 11.8 Å². The summed E-state index contributed by atoms with van der Waals surface area (Å²) in [6, 6.07) is 0. The summed E-state index contributed by atoms with van der Waals surface area (Å²) in [7, 11) is 4.01. The molecule has 5 nitrogen and oxygen atoms in total. The van der Waals surface area contributed by atoms with Crippen molar-refractivity contribution in [2.75, 3.05) is 40.3 Å². The molecule has 2 atom stereocenters. The summed E-state index contributed by atoms with van der Waals surface area (Å²) >= 11 is 0. The molecule has 2 saturated heterocycles. The van der Waals surface area contributed by atoms with Gasteiger partial charge in [-0.3, -0.25) is 9.59 Å². The van der Waals surface area contributed by atoms with E-state index in [4.69, 9.17) is 0 Å². The van der Waals surface area contributed by atoms with Crippen LogP contribution in [0.2, 0.25) is 0 Å². The van der Waals surface area contributed by atoms with Gasteiger partial charge >= 0.3 is 0 Å². The van der Waals surface area contributed by atoms with E-state index in [-0.39, 0.29) is 17.7 Å². The third kappa shape index (κ3) is 3.22. The number of amides is 2. The summed E-state index contributed by atoms with van der Waals surface area (Å²) in [5, 5.41) is 2.77. The van der Waals surface area contributed by atoms with Gasteiger partial charge in [0.05, 0.1) is 5.92 Å². The van der Waals surface area contributed by atoms with Crippen LogP contribution >= 0.6 is 0 Å². The number of carbonyl (C=O) groups is 2. The van der Waals surface area contributed by atoms with E-state index in [1.54, 1.807) is 0 Å². The first-order valence-electron chi connectivity index (χ1n) is 6.76. The second-order valence-electron chi connectivity index (χ2n) is 5.68. The molecule has 2 unspecified atom stereocenters. The lowest BCUT2D eigenvalue weighted by molar-refractivity contribution is -0.136. The number of carbonyl (C=O) groups excluding carboxylic acids is 2. The van der Waals surface area contributed by atoms with Crippen LogP contribution < -0.4 is 5.32 Å².